The van der Waals surface area contributed by atoms with Gasteiger partial charge in [-0.25, -0.2) is 15.0 Å². The molecular weight excluding hydrogens is 494 g/mol. The molecule has 0 aliphatic rings. The van der Waals surface area contributed by atoms with Crippen molar-refractivity contribution in [1.82, 2.24) is 19.5 Å². The molecule has 3 aromatic carbocycles. The molecule has 0 saturated heterocycles. The van der Waals surface area contributed by atoms with Crippen LogP contribution in [0.1, 0.15) is 16.7 Å². The number of rotatable bonds is 12. The highest BCUT2D eigenvalue weighted by molar-refractivity contribution is 5.82. The summed E-state index contributed by atoms with van der Waals surface area (Å²) < 4.78 is 20.1. The van der Waals surface area contributed by atoms with E-state index in [9.17, 15) is 5.11 Å². The van der Waals surface area contributed by atoms with Gasteiger partial charge in [-0.1, -0.05) is 72.8 Å². The van der Waals surface area contributed by atoms with Crippen LogP contribution in [0.4, 0.5) is 5.82 Å². The average molecular weight is 526 g/mol. The van der Waals surface area contributed by atoms with Crippen molar-refractivity contribution in [3.8, 4) is 5.75 Å². The van der Waals surface area contributed by atoms with Crippen molar-refractivity contribution in [1.29, 1.82) is 0 Å². The quantitative estimate of drug-likeness (QED) is 0.234. The molecule has 9 heteroatoms. The van der Waals surface area contributed by atoms with E-state index in [4.69, 9.17) is 14.2 Å². The molecule has 39 heavy (non-hydrogen) atoms. The number of imidazole rings is 1. The van der Waals surface area contributed by atoms with Gasteiger partial charge in [0, 0.05) is 7.05 Å². The molecule has 2 heterocycles. The van der Waals surface area contributed by atoms with Gasteiger partial charge in [0.15, 0.2) is 11.5 Å². The Morgan fingerprint density at radius 3 is 2.10 bits per heavy atom. The van der Waals surface area contributed by atoms with Crippen LogP contribution in [0.15, 0.2) is 97.6 Å². The Hall–Kier alpha value is -4.31. The standard InChI is InChI=1S/C30H31N5O4/c1-31-28-27-29(33-19-32-28)35(20-34-27)21-38-26(17-36)18-39-30(22-9-5-3-6-10-22,23-11-7-4-8-12-23)24-13-15-25(37-2)16-14-24/h3-16,19-20,26,36H,17-18,21H2,1-2H3,(H,31,32,33). The lowest BCUT2D eigenvalue weighted by Crippen LogP contribution is -2.37. The summed E-state index contributed by atoms with van der Waals surface area (Å²) in [6.07, 6.45) is 2.51. The predicted molar refractivity (Wildman–Crippen MR) is 149 cm³/mol. The Morgan fingerprint density at radius 2 is 1.51 bits per heavy atom. The normalized spacial score (nSPS) is 12.4. The molecule has 2 aromatic heterocycles. The topological polar surface area (TPSA) is 104 Å². The van der Waals surface area contributed by atoms with Crippen molar-refractivity contribution in [3.05, 3.63) is 114 Å². The summed E-state index contributed by atoms with van der Waals surface area (Å²) in [6, 6.07) is 27.9. The van der Waals surface area contributed by atoms with E-state index in [1.165, 1.54) is 6.33 Å². The fourth-order valence-electron chi connectivity index (χ4n) is 4.64. The van der Waals surface area contributed by atoms with Crippen LogP contribution in [0.25, 0.3) is 11.2 Å². The van der Waals surface area contributed by atoms with Gasteiger partial charge in [0.05, 0.1) is 26.7 Å². The summed E-state index contributed by atoms with van der Waals surface area (Å²) in [6.45, 7) is 0.0266. The van der Waals surface area contributed by atoms with E-state index < -0.39 is 11.7 Å². The SMILES string of the molecule is CNc1ncnc2c1ncn2COC(CO)COC(c1ccccc1)(c1ccccc1)c1ccc(OC)cc1. The van der Waals surface area contributed by atoms with Crippen LogP contribution >= 0.6 is 0 Å². The number of hydrogen-bond donors (Lipinski definition) is 2. The van der Waals surface area contributed by atoms with E-state index in [-0.39, 0.29) is 19.9 Å². The molecule has 0 fully saturated rings. The molecule has 0 saturated carbocycles. The number of nitrogens with one attached hydrogen (secondary N) is 1. The maximum absolute atomic E-state index is 10.2. The van der Waals surface area contributed by atoms with E-state index >= 15 is 0 Å². The largest absolute Gasteiger partial charge is 0.497 e. The van der Waals surface area contributed by atoms with Crippen molar-refractivity contribution in [2.24, 2.45) is 0 Å². The predicted octanol–water partition coefficient (Wildman–Crippen LogP) is 4.22. The molecule has 2 N–H and O–H groups in total. The Morgan fingerprint density at radius 1 is 0.872 bits per heavy atom. The zero-order valence-electron chi connectivity index (χ0n) is 21.9. The van der Waals surface area contributed by atoms with Gasteiger partial charge < -0.3 is 24.6 Å². The highest BCUT2D eigenvalue weighted by Crippen LogP contribution is 2.41. The van der Waals surface area contributed by atoms with Gasteiger partial charge in [-0.15, -0.1) is 0 Å². The van der Waals surface area contributed by atoms with Crippen LogP contribution in [-0.4, -0.2) is 58.1 Å². The molecule has 200 valence electrons. The van der Waals surface area contributed by atoms with Gasteiger partial charge >= 0.3 is 0 Å². The number of fused-ring (bicyclic) bond motifs is 1. The first-order valence-corrected chi connectivity index (χ1v) is 12.6. The minimum absolute atomic E-state index is 0.121. The summed E-state index contributed by atoms with van der Waals surface area (Å²) in [4.78, 5) is 12.9. The van der Waals surface area contributed by atoms with Crippen LogP contribution < -0.4 is 10.1 Å². The Kier molecular flexibility index (Phi) is 8.12. The second-order valence-corrected chi connectivity index (χ2v) is 8.91. The Balaban J connectivity index is 1.46. The van der Waals surface area contributed by atoms with E-state index in [0.717, 1.165) is 22.4 Å². The van der Waals surface area contributed by atoms with Gasteiger partial charge in [-0.05, 0) is 28.8 Å². The lowest BCUT2D eigenvalue weighted by Gasteiger charge is -2.37. The van der Waals surface area contributed by atoms with Gasteiger partial charge in [-0.2, -0.15) is 0 Å². The van der Waals surface area contributed by atoms with Gasteiger partial charge in [0.25, 0.3) is 0 Å². The van der Waals surface area contributed by atoms with Crippen molar-refractivity contribution in [2.45, 2.75) is 18.4 Å². The number of aliphatic hydroxyl groups excluding tert-OH is 1. The highest BCUT2D eigenvalue weighted by atomic mass is 16.6. The molecule has 9 nitrogen and oxygen atoms in total. The van der Waals surface area contributed by atoms with E-state index in [1.54, 1.807) is 25.1 Å². The minimum atomic E-state index is -0.956. The lowest BCUT2D eigenvalue weighted by molar-refractivity contribution is -0.0970. The number of aliphatic hydroxyl groups is 1. The summed E-state index contributed by atoms with van der Waals surface area (Å²) in [5.74, 6) is 1.39. The van der Waals surface area contributed by atoms with Gasteiger partial charge in [-0.3, -0.25) is 4.57 Å². The maximum atomic E-state index is 10.2. The van der Waals surface area contributed by atoms with E-state index in [1.807, 2.05) is 84.9 Å². The molecule has 1 unspecified atom stereocenters. The fourth-order valence-corrected chi connectivity index (χ4v) is 4.64. The van der Waals surface area contributed by atoms with Crippen LogP contribution in [0.3, 0.4) is 0 Å². The zero-order chi connectivity index (χ0) is 27.1. The summed E-state index contributed by atoms with van der Waals surface area (Å²) >= 11 is 0. The first kappa shape index (κ1) is 26.3. The molecule has 0 radical (unpaired) electrons. The van der Waals surface area contributed by atoms with Gasteiger partial charge in [0.1, 0.15) is 36.0 Å². The van der Waals surface area contributed by atoms with Crippen molar-refractivity contribution >= 4 is 17.0 Å². The summed E-state index contributed by atoms with van der Waals surface area (Å²) in [5.41, 5.74) is 3.15. The second-order valence-electron chi connectivity index (χ2n) is 8.91. The van der Waals surface area contributed by atoms with E-state index in [0.29, 0.717) is 17.0 Å². The van der Waals surface area contributed by atoms with Gasteiger partial charge in [0.2, 0.25) is 0 Å². The zero-order valence-corrected chi connectivity index (χ0v) is 21.9. The molecule has 0 amide bonds. The van der Waals surface area contributed by atoms with Crippen molar-refractivity contribution in [3.63, 3.8) is 0 Å². The van der Waals surface area contributed by atoms with E-state index in [2.05, 4.69) is 20.3 Å². The Labute approximate surface area is 227 Å². The lowest BCUT2D eigenvalue weighted by atomic mass is 9.80. The molecule has 0 spiro atoms. The number of anilines is 1. The number of methoxy groups -OCH3 is 1. The van der Waals surface area contributed by atoms with Crippen LogP contribution in [0.2, 0.25) is 0 Å². The second kappa shape index (κ2) is 12.0. The third-order valence-corrected chi connectivity index (χ3v) is 6.63. The molecule has 5 rings (SSSR count). The third kappa shape index (κ3) is 5.33. The summed E-state index contributed by atoms with van der Waals surface area (Å²) in [5, 5.41) is 13.3. The molecule has 5 aromatic rings. The third-order valence-electron chi connectivity index (χ3n) is 6.63. The monoisotopic (exact) mass is 525 g/mol. The average Bonchev–Trinajstić information content (AvgIpc) is 3.43. The number of hydrogen-bond acceptors (Lipinski definition) is 8. The van der Waals surface area contributed by atoms with Crippen molar-refractivity contribution in [2.75, 3.05) is 32.7 Å². The number of aromatic nitrogens is 4. The van der Waals surface area contributed by atoms with Crippen LogP contribution in [-0.2, 0) is 21.8 Å². The first-order chi connectivity index (χ1) is 19.2. The maximum Gasteiger partial charge on any atom is 0.167 e. The highest BCUT2D eigenvalue weighted by Gasteiger charge is 2.38. The first-order valence-electron chi connectivity index (χ1n) is 12.6. The van der Waals surface area contributed by atoms with Crippen LogP contribution in [0.5, 0.6) is 5.75 Å². The number of nitrogens with zero attached hydrogens (tertiary/aromatic N) is 4. The number of ether oxygens (including phenoxy) is 3. The fraction of sp³-hybridized carbons (Fsp3) is 0.233. The van der Waals surface area contributed by atoms with Crippen LogP contribution in [0, 0.1) is 0 Å². The molecule has 0 bridgehead atoms. The molecule has 1 atom stereocenters. The van der Waals surface area contributed by atoms with Crippen molar-refractivity contribution < 1.29 is 19.3 Å². The summed E-state index contributed by atoms with van der Waals surface area (Å²) in [7, 11) is 3.43. The molecule has 0 aliphatic heterocycles. The molecule has 0 aliphatic carbocycles. The minimum Gasteiger partial charge on any atom is -0.497 e. The smallest absolute Gasteiger partial charge is 0.167 e. The Bertz CT molecular complexity index is 1440. The number of benzene rings is 3. The molecular formula is C30H31N5O4.